The zero-order valence-corrected chi connectivity index (χ0v) is 30.1. The van der Waals surface area contributed by atoms with E-state index in [1.54, 1.807) is 31.5 Å². The minimum absolute atomic E-state index is 0.0603. The predicted octanol–water partition coefficient (Wildman–Crippen LogP) is 4.58. The number of carbonyl (C=O) groups is 3. The largest absolute Gasteiger partial charge is 0.494 e. The minimum Gasteiger partial charge on any atom is -0.494 e. The molecule has 12 heteroatoms. The number of benzene rings is 2. The smallest absolute Gasteiger partial charge is 0.250 e. The zero-order valence-electron chi connectivity index (χ0n) is 30.1. The van der Waals surface area contributed by atoms with Crippen LogP contribution in [0.4, 0.5) is 5.69 Å². The van der Waals surface area contributed by atoms with E-state index in [0.29, 0.717) is 49.2 Å². The van der Waals surface area contributed by atoms with Crippen LogP contribution in [-0.4, -0.2) is 97.2 Å². The van der Waals surface area contributed by atoms with Gasteiger partial charge in [-0.3, -0.25) is 14.4 Å². The molecule has 3 aromatic rings. The molecule has 2 bridgehead atoms. The Bertz CT molecular complexity index is 1770. The fraction of sp³-hybridized carbons (Fsp3) is 0.513. The normalized spacial score (nSPS) is 25.6. The number of anilines is 1. The maximum absolute atomic E-state index is 15.1. The Kier molecular flexibility index (Phi) is 10.4. The number of aromatic nitrogens is 3. The second kappa shape index (κ2) is 14.6. The summed E-state index contributed by atoms with van der Waals surface area (Å²) in [5.41, 5.74) is -0.139. The van der Waals surface area contributed by atoms with Crippen LogP contribution in [0.25, 0.3) is 11.0 Å². The number of ether oxygens (including phenoxy) is 2. The van der Waals surface area contributed by atoms with Crippen molar-refractivity contribution in [2.24, 2.45) is 17.8 Å². The highest BCUT2D eigenvalue weighted by atomic mass is 16.5. The maximum atomic E-state index is 15.1. The van der Waals surface area contributed by atoms with Crippen molar-refractivity contribution in [2.45, 2.75) is 83.3 Å². The van der Waals surface area contributed by atoms with Crippen LogP contribution in [0.1, 0.15) is 53.4 Å². The molecule has 51 heavy (non-hydrogen) atoms. The molecule has 2 unspecified atom stereocenters. The Labute approximate surface area is 299 Å². The molecular weight excluding hydrogens is 648 g/mol. The van der Waals surface area contributed by atoms with Gasteiger partial charge in [-0.1, -0.05) is 50.3 Å². The lowest BCUT2D eigenvalue weighted by atomic mass is 9.64. The van der Waals surface area contributed by atoms with Crippen molar-refractivity contribution < 1.29 is 29.0 Å². The second-order valence-corrected chi connectivity index (χ2v) is 14.3. The molecule has 3 fully saturated rings. The molecule has 6 atom stereocenters. The molecule has 2 aromatic carbocycles. The lowest BCUT2D eigenvalue weighted by Gasteiger charge is -2.40. The van der Waals surface area contributed by atoms with E-state index >= 15 is 9.59 Å². The Morgan fingerprint density at radius 1 is 1.08 bits per heavy atom. The standard InChI is InChI=1S/C39H50N6O6/c1-7-21-42(25-44-31-14-12-11-13-30(31)40-41-44)37(49)34-39-20-19-38(9-3,51-39)32(33(39)36(48)45(34)28(24-46)23-26(5)6)35(47)43(22-8-2)27-15-17-29(18-16-27)50-10-4/h7-8,11-18,26,28,32-34,46H,1-2,9-10,19-25H2,3-6H3/t28-,32-,33+,34?,38+,39?/m1/s1. The third kappa shape index (κ3) is 6.12. The number of fused-ring (bicyclic) bond motifs is 2. The average Bonchev–Trinajstić information content (AvgIpc) is 3.86. The highest BCUT2D eigenvalue weighted by Crippen LogP contribution is 2.65. The molecule has 0 saturated carbocycles. The van der Waals surface area contributed by atoms with Crippen molar-refractivity contribution >= 4 is 34.4 Å². The van der Waals surface area contributed by atoms with Gasteiger partial charge in [0.15, 0.2) is 0 Å². The van der Waals surface area contributed by atoms with E-state index in [9.17, 15) is 9.90 Å². The monoisotopic (exact) mass is 698 g/mol. The van der Waals surface area contributed by atoms with Gasteiger partial charge < -0.3 is 29.3 Å². The maximum Gasteiger partial charge on any atom is 0.250 e. The molecule has 0 aliphatic carbocycles. The van der Waals surface area contributed by atoms with Crippen LogP contribution in [0.15, 0.2) is 73.8 Å². The molecule has 3 saturated heterocycles. The lowest BCUT2D eigenvalue weighted by Crippen LogP contribution is -2.59. The number of hydrogen-bond acceptors (Lipinski definition) is 8. The number of likely N-dealkylation sites (tertiary alicyclic amines) is 1. The van der Waals surface area contributed by atoms with Gasteiger partial charge in [-0.2, -0.15) is 0 Å². The fourth-order valence-corrected chi connectivity index (χ4v) is 8.76. The van der Waals surface area contributed by atoms with E-state index in [0.717, 1.165) is 5.52 Å². The minimum atomic E-state index is -1.28. The molecule has 272 valence electrons. The summed E-state index contributed by atoms with van der Waals surface area (Å²) in [6.45, 7) is 16.4. The molecule has 3 amide bonds. The number of carbonyl (C=O) groups excluding carboxylic acids is 3. The zero-order chi connectivity index (χ0) is 36.5. The third-order valence-electron chi connectivity index (χ3n) is 10.9. The van der Waals surface area contributed by atoms with Crippen LogP contribution in [0.2, 0.25) is 0 Å². The number of aliphatic hydroxyl groups excluding tert-OH is 1. The van der Waals surface area contributed by atoms with E-state index in [1.807, 2.05) is 76.2 Å². The van der Waals surface area contributed by atoms with Crippen LogP contribution in [-0.2, 0) is 25.8 Å². The van der Waals surface area contributed by atoms with Gasteiger partial charge in [0.1, 0.15) is 29.6 Å². The number of hydrogen-bond donors (Lipinski definition) is 1. The molecule has 3 aliphatic heterocycles. The van der Waals surface area contributed by atoms with Gasteiger partial charge in [-0.05, 0) is 74.9 Å². The molecule has 1 N–H and O–H groups in total. The van der Waals surface area contributed by atoms with Gasteiger partial charge >= 0.3 is 0 Å². The van der Waals surface area contributed by atoms with E-state index in [4.69, 9.17) is 9.47 Å². The topological polar surface area (TPSA) is 130 Å². The average molecular weight is 699 g/mol. The van der Waals surface area contributed by atoms with Gasteiger partial charge in [0.05, 0.1) is 42.2 Å². The summed E-state index contributed by atoms with van der Waals surface area (Å²) >= 11 is 0. The lowest BCUT2D eigenvalue weighted by molar-refractivity contribution is -0.157. The highest BCUT2D eigenvalue weighted by molar-refractivity contribution is 6.03. The summed E-state index contributed by atoms with van der Waals surface area (Å²) in [6, 6.07) is 13.1. The van der Waals surface area contributed by atoms with E-state index in [1.165, 1.54) is 0 Å². The third-order valence-corrected chi connectivity index (χ3v) is 10.9. The van der Waals surface area contributed by atoms with Crippen LogP contribution in [0.5, 0.6) is 5.75 Å². The molecule has 3 aliphatic rings. The van der Waals surface area contributed by atoms with Crippen molar-refractivity contribution in [3.05, 3.63) is 73.8 Å². The van der Waals surface area contributed by atoms with Gasteiger partial charge in [-0.15, -0.1) is 18.3 Å². The number of rotatable bonds is 16. The number of aliphatic hydroxyl groups is 1. The quantitative estimate of drug-likeness (QED) is 0.215. The Morgan fingerprint density at radius 3 is 2.45 bits per heavy atom. The molecule has 1 spiro atoms. The van der Waals surface area contributed by atoms with Crippen LogP contribution in [0, 0.1) is 17.8 Å². The second-order valence-electron chi connectivity index (χ2n) is 14.3. The summed E-state index contributed by atoms with van der Waals surface area (Å²) < 4.78 is 14.4. The highest BCUT2D eigenvalue weighted by Gasteiger charge is 2.79. The number of nitrogens with zero attached hydrogens (tertiary/aromatic N) is 6. The fourth-order valence-electron chi connectivity index (χ4n) is 8.76. The van der Waals surface area contributed by atoms with Gasteiger partial charge in [0, 0.05) is 18.8 Å². The van der Waals surface area contributed by atoms with Crippen molar-refractivity contribution in [3.8, 4) is 5.75 Å². The summed E-state index contributed by atoms with van der Waals surface area (Å²) in [4.78, 5) is 50.0. The van der Waals surface area contributed by atoms with Gasteiger partial charge in [0.2, 0.25) is 17.7 Å². The number of para-hydroxylation sites is 1. The van der Waals surface area contributed by atoms with Gasteiger partial charge in [0.25, 0.3) is 0 Å². The number of amides is 3. The summed E-state index contributed by atoms with van der Waals surface area (Å²) in [7, 11) is 0. The van der Waals surface area contributed by atoms with E-state index in [-0.39, 0.29) is 50.0 Å². The van der Waals surface area contributed by atoms with Gasteiger partial charge in [-0.25, -0.2) is 4.68 Å². The Hall–Kier alpha value is -4.55. The molecular formula is C39H50N6O6. The first-order chi connectivity index (χ1) is 24.6. The van der Waals surface area contributed by atoms with Crippen LogP contribution in [0.3, 0.4) is 0 Å². The van der Waals surface area contributed by atoms with Crippen molar-refractivity contribution in [1.82, 2.24) is 24.8 Å². The van der Waals surface area contributed by atoms with Crippen molar-refractivity contribution in [3.63, 3.8) is 0 Å². The molecule has 0 radical (unpaired) electrons. The SMILES string of the molecule is C=CCN(Cn1nnc2ccccc21)C(=O)C1N([C@@H](CO)CC(C)C)C(=O)[C@@H]2[C@H](C(=O)N(CC=C)c3ccc(OCC)cc3)[C@]3(CC)CCC12O3. The van der Waals surface area contributed by atoms with Crippen LogP contribution >= 0.6 is 0 Å². The first-order valence-electron chi connectivity index (χ1n) is 18.1. The van der Waals surface area contributed by atoms with Crippen molar-refractivity contribution in [1.29, 1.82) is 0 Å². The van der Waals surface area contributed by atoms with E-state index in [2.05, 4.69) is 23.5 Å². The Morgan fingerprint density at radius 2 is 1.80 bits per heavy atom. The summed E-state index contributed by atoms with van der Waals surface area (Å²) in [5, 5.41) is 19.4. The molecule has 12 nitrogen and oxygen atoms in total. The summed E-state index contributed by atoms with van der Waals surface area (Å²) in [6.07, 6.45) is 5.19. The van der Waals surface area contributed by atoms with Crippen LogP contribution < -0.4 is 9.64 Å². The first kappa shape index (κ1) is 36.2. The molecule has 1 aromatic heterocycles. The predicted molar refractivity (Wildman–Crippen MR) is 194 cm³/mol. The molecule has 6 rings (SSSR count). The Balaban J connectivity index is 1.44. The van der Waals surface area contributed by atoms with E-state index < -0.39 is 35.1 Å². The van der Waals surface area contributed by atoms with Crippen molar-refractivity contribution in [2.75, 3.05) is 31.2 Å². The first-order valence-corrected chi connectivity index (χ1v) is 18.1. The molecule has 4 heterocycles. The summed E-state index contributed by atoms with van der Waals surface area (Å²) in [5.74, 6) is -1.92.